The van der Waals surface area contributed by atoms with E-state index in [1.54, 1.807) is 18.2 Å². The molecule has 1 aliphatic rings. The van der Waals surface area contributed by atoms with Gasteiger partial charge >= 0.3 is 0 Å². The molecule has 0 bridgehead atoms. The minimum Gasteiger partial charge on any atom is -0.329 e. The molecule has 2 unspecified atom stereocenters. The maximum atomic E-state index is 13.6. The van der Waals surface area contributed by atoms with Gasteiger partial charge in [-0.15, -0.1) is 0 Å². The highest BCUT2D eigenvalue weighted by atomic mass is 19.1. The Balaban J connectivity index is 1.63. The molecule has 1 aromatic heterocycles. The number of H-pyrrole nitrogens is 1. The van der Waals surface area contributed by atoms with Gasteiger partial charge in [-0.1, -0.05) is 12.1 Å². The molecule has 0 spiro atoms. The molecule has 0 saturated heterocycles. The number of nitrogens with one attached hydrogen (secondary N) is 2. The maximum Gasteiger partial charge on any atom is 0.247 e. The zero-order valence-corrected chi connectivity index (χ0v) is 13.6. The lowest BCUT2D eigenvalue weighted by atomic mass is 9.99. The Hall–Kier alpha value is -1.94. The number of halogens is 1. The molecule has 4 heteroatoms. The van der Waals surface area contributed by atoms with Gasteiger partial charge in [0.25, 0.3) is 0 Å². The van der Waals surface area contributed by atoms with Crippen LogP contribution in [0.15, 0.2) is 41.3 Å². The highest BCUT2D eigenvalue weighted by molar-refractivity contribution is 5.26. The highest BCUT2D eigenvalue weighted by Crippen LogP contribution is 2.34. The average Bonchev–Trinajstić information content (AvgIpc) is 2.95. The molecule has 23 heavy (non-hydrogen) atoms. The Morgan fingerprint density at radius 3 is 2.78 bits per heavy atom. The number of aromatic nitrogens is 1. The number of hydrogen-bond acceptors (Lipinski definition) is 2. The van der Waals surface area contributed by atoms with Gasteiger partial charge in [0.05, 0.1) is 0 Å². The summed E-state index contributed by atoms with van der Waals surface area (Å²) in [5, 5.41) is 3.62. The van der Waals surface area contributed by atoms with E-state index in [1.165, 1.54) is 5.56 Å². The summed E-state index contributed by atoms with van der Waals surface area (Å²) in [5.41, 5.74) is 3.08. The number of aryl methyl sites for hydroxylation is 1. The van der Waals surface area contributed by atoms with Crippen molar-refractivity contribution in [2.45, 2.75) is 51.1 Å². The molecule has 1 heterocycles. The van der Waals surface area contributed by atoms with Crippen LogP contribution in [0.3, 0.4) is 0 Å². The standard InChI is InChI=1S/C19H23FN2O/c1-12-7-16(9-17(20)8-12)13(2)22-18-5-3-14(10-18)15-4-6-19(23)21-11-15/h4,6-9,11,13-14,18,22H,3,5,10H2,1-2H3,(H,21,23)/t13?,14-,18?/m0/s1. The van der Waals surface area contributed by atoms with Gasteiger partial charge in [0.1, 0.15) is 5.82 Å². The first-order valence-electron chi connectivity index (χ1n) is 8.23. The summed E-state index contributed by atoms with van der Waals surface area (Å²) in [6, 6.07) is 9.26. The summed E-state index contributed by atoms with van der Waals surface area (Å²) in [6.45, 7) is 4.00. The van der Waals surface area contributed by atoms with Gasteiger partial charge in [-0.05, 0) is 67.9 Å². The first-order chi connectivity index (χ1) is 11.0. The van der Waals surface area contributed by atoms with Crippen LogP contribution in [0.1, 0.15) is 54.8 Å². The van der Waals surface area contributed by atoms with Crippen molar-refractivity contribution in [3.8, 4) is 0 Å². The van der Waals surface area contributed by atoms with Crippen molar-refractivity contribution < 1.29 is 4.39 Å². The first kappa shape index (κ1) is 15.9. The van der Waals surface area contributed by atoms with E-state index in [0.717, 1.165) is 30.4 Å². The fourth-order valence-corrected chi connectivity index (χ4v) is 3.58. The lowest BCUT2D eigenvalue weighted by Crippen LogP contribution is -2.29. The molecule has 3 nitrogen and oxygen atoms in total. The van der Waals surface area contributed by atoms with Crippen molar-refractivity contribution in [2.24, 2.45) is 0 Å². The zero-order chi connectivity index (χ0) is 16.4. The van der Waals surface area contributed by atoms with Crippen LogP contribution in [0.4, 0.5) is 4.39 Å². The van der Waals surface area contributed by atoms with Gasteiger partial charge in [-0.3, -0.25) is 4.79 Å². The van der Waals surface area contributed by atoms with Crippen LogP contribution in [0.2, 0.25) is 0 Å². The summed E-state index contributed by atoms with van der Waals surface area (Å²) >= 11 is 0. The topological polar surface area (TPSA) is 44.9 Å². The second kappa shape index (κ2) is 6.67. The van der Waals surface area contributed by atoms with E-state index >= 15 is 0 Å². The summed E-state index contributed by atoms with van der Waals surface area (Å²) in [6.07, 6.45) is 5.08. The Morgan fingerprint density at radius 2 is 2.09 bits per heavy atom. The minimum absolute atomic E-state index is 0.0588. The van der Waals surface area contributed by atoms with E-state index < -0.39 is 0 Å². The number of benzene rings is 1. The van der Waals surface area contributed by atoms with Crippen molar-refractivity contribution in [3.63, 3.8) is 0 Å². The van der Waals surface area contributed by atoms with Gasteiger partial charge in [0.15, 0.2) is 0 Å². The zero-order valence-electron chi connectivity index (χ0n) is 13.6. The third kappa shape index (κ3) is 3.88. The Bertz CT molecular complexity index is 700. The number of pyridine rings is 1. The Morgan fingerprint density at radius 1 is 1.26 bits per heavy atom. The van der Waals surface area contributed by atoms with E-state index in [9.17, 15) is 9.18 Å². The van der Waals surface area contributed by atoms with Crippen molar-refractivity contribution in [1.29, 1.82) is 0 Å². The smallest absolute Gasteiger partial charge is 0.247 e. The van der Waals surface area contributed by atoms with Crippen molar-refractivity contribution in [3.05, 3.63) is 69.4 Å². The normalized spacial score (nSPS) is 22.2. The molecule has 1 saturated carbocycles. The van der Waals surface area contributed by atoms with Crippen LogP contribution in [-0.4, -0.2) is 11.0 Å². The molecular weight excluding hydrogens is 291 g/mol. The second-order valence-electron chi connectivity index (χ2n) is 6.64. The maximum absolute atomic E-state index is 13.6. The third-order valence-corrected chi connectivity index (χ3v) is 4.76. The van der Waals surface area contributed by atoms with Crippen LogP contribution < -0.4 is 10.9 Å². The van der Waals surface area contributed by atoms with Gasteiger partial charge in [-0.2, -0.15) is 0 Å². The SMILES string of the molecule is Cc1cc(F)cc(C(C)NC2CC[C@H](c3ccc(=O)[nH]c3)C2)c1. The molecule has 3 atom stereocenters. The van der Waals surface area contributed by atoms with E-state index in [2.05, 4.69) is 17.2 Å². The lowest BCUT2D eigenvalue weighted by Gasteiger charge is -2.20. The van der Waals surface area contributed by atoms with E-state index in [4.69, 9.17) is 0 Å². The van der Waals surface area contributed by atoms with Crippen LogP contribution >= 0.6 is 0 Å². The average molecular weight is 314 g/mol. The molecule has 1 aliphatic carbocycles. The summed E-state index contributed by atoms with van der Waals surface area (Å²) in [5.74, 6) is 0.303. The molecule has 1 fully saturated rings. The lowest BCUT2D eigenvalue weighted by molar-refractivity contribution is 0.455. The van der Waals surface area contributed by atoms with Gasteiger partial charge in [0.2, 0.25) is 5.56 Å². The van der Waals surface area contributed by atoms with Crippen LogP contribution in [-0.2, 0) is 0 Å². The minimum atomic E-state index is -0.175. The summed E-state index contributed by atoms with van der Waals surface area (Å²) in [7, 11) is 0. The van der Waals surface area contributed by atoms with Crippen LogP contribution in [0.5, 0.6) is 0 Å². The quantitative estimate of drug-likeness (QED) is 0.901. The van der Waals surface area contributed by atoms with Crippen LogP contribution in [0.25, 0.3) is 0 Å². The fraction of sp³-hybridized carbons (Fsp3) is 0.421. The molecule has 1 aromatic carbocycles. The van der Waals surface area contributed by atoms with Crippen LogP contribution in [0, 0.1) is 12.7 Å². The van der Waals surface area contributed by atoms with E-state index in [1.807, 2.05) is 25.3 Å². The van der Waals surface area contributed by atoms with E-state index in [0.29, 0.717) is 12.0 Å². The van der Waals surface area contributed by atoms with E-state index in [-0.39, 0.29) is 17.4 Å². The predicted octanol–water partition coefficient (Wildman–Crippen LogP) is 3.81. The summed E-state index contributed by atoms with van der Waals surface area (Å²) in [4.78, 5) is 13.9. The van der Waals surface area contributed by atoms with Crippen molar-refractivity contribution in [1.82, 2.24) is 10.3 Å². The van der Waals surface area contributed by atoms with Crippen molar-refractivity contribution >= 4 is 0 Å². The molecule has 2 aromatic rings. The second-order valence-corrected chi connectivity index (χ2v) is 6.64. The number of rotatable bonds is 4. The van der Waals surface area contributed by atoms with Crippen molar-refractivity contribution in [2.75, 3.05) is 0 Å². The molecule has 2 N–H and O–H groups in total. The highest BCUT2D eigenvalue weighted by Gasteiger charge is 2.27. The predicted molar refractivity (Wildman–Crippen MR) is 90.1 cm³/mol. The largest absolute Gasteiger partial charge is 0.329 e. The third-order valence-electron chi connectivity index (χ3n) is 4.76. The first-order valence-corrected chi connectivity index (χ1v) is 8.23. The molecular formula is C19H23FN2O. The monoisotopic (exact) mass is 314 g/mol. The number of aromatic amines is 1. The number of hydrogen-bond donors (Lipinski definition) is 2. The molecule has 122 valence electrons. The fourth-order valence-electron chi connectivity index (χ4n) is 3.58. The Labute approximate surface area is 135 Å². The van der Waals surface area contributed by atoms with Gasteiger partial charge < -0.3 is 10.3 Å². The molecule has 0 radical (unpaired) electrons. The Kier molecular flexibility index (Phi) is 4.62. The summed E-state index contributed by atoms with van der Waals surface area (Å²) < 4.78 is 13.6. The van der Waals surface area contributed by atoms with Gasteiger partial charge in [-0.25, -0.2) is 4.39 Å². The molecule has 3 rings (SSSR count). The molecule has 0 amide bonds. The van der Waals surface area contributed by atoms with Gasteiger partial charge in [0, 0.05) is 24.3 Å². The molecule has 0 aliphatic heterocycles.